The van der Waals surface area contributed by atoms with E-state index in [4.69, 9.17) is 0 Å². The summed E-state index contributed by atoms with van der Waals surface area (Å²) in [5, 5.41) is 6.89. The summed E-state index contributed by atoms with van der Waals surface area (Å²) in [5.41, 5.74) is 4.57. The molecule has 5 rings (SSSR count). The number of rotatable bonds is 7. The third-order valence-corrected chi connectivity index (χ3v) is 6.84. The van der Waals surface area contributed by atoms with Gasteiger partial charge in [0.2, 0.25) is 5.91 Å². The Morgan fingerprint density at radius 3 is 2.53 bits per heavy atom. The minimum absolute atomic E-state index is 0.157. The highest BCUT2D eigenvalue weighted by atomic mass is 19.4. The van der Waals surface area contributed by atoms with Crippen LogP contribution in [0.3, 0.4) is 0 Å². The van der Waals surface area contributed by atoms with Crippen LogP contribution in [0.2, 0.25) is 0 Å². The largest absolute Gasteiger partial charge is 0.416 e. The van der Waals surface area contributed by atoms with Crippen molar-refractivity contribution in [2.24, 2.45) is 0 Å². The molecule has 1 amide bonds. The fourth-order valence-electron chi connectivity index (χ4n) is 4.82. The highest BCUT2D eigenvalue weighted by Crippen LogP contribution is 2.34. The van der Waals surface area contributed by atoms with Crippen LogP contribution in [0.25, 0.3) is 22.2 Å². The first-order valence-corrected chi connectivity index (χ1v) is 12.7. The number of nitrogens with one attached hydrogen (secondary N) is 3. The lowest BCUT2D eigenvalue weighted by Crippen LogP contribution is -2.43. The van der Waals surface area contributed by atoms with Crippen molar-refractivity contribution in [3.05, 3.63) is 83.2 Å². The summed E-state index contributed by atoms with van der Waals surface area (Å²) in [5.74, 6) is -0.325. The third kappa shape index (κ3) is 6.23. The third-order valence-electron chi connectivity index (χ3n) is 6.84. The average molecular weight is 522 g/mol. The van der Waals surface area contributed by atoms with Crippen LogP contribution in [0, 0.1) is 6.92 Å². The Hall–Kier alpha value is -3.69. The minimum atomic E-state index is -4.49. The van der Waals surface area contributed by atoms with Gasteiger partial charge >= 0.3 is 6.18 Å². The Bertz CT molecular complexity index is 1420. The summed E-state index contributed by atoms with van der Waals surface area (Å²) in [6.07, 6.45) is -2.02. The first-order chi connectivity index (χ1) is 18.2. The maximum atomic E-state index is 13.8. The van der Waals surface area contributed by atoms with E-state index in [9.17, 15) is 18.0 Å². The van der Waals surface area contributed by atoms with Crippen LogP contribution >= 0.6 is 0 Å². The number of alkyl halides is 3. The van der Waals surface area contributed by atoms with Gasteiger partial charge in [-0.25, -0.2) is 4.98 Å². The molecule has 3 heterocycles. The molecule has 0 bridgehead atoms. The molecule has 198 valence electrons. The van der Waals surface area contributed by atoms with Gasteiger partial charge in [0.1, 0.15) is 5.65 Å². The number of pyridine rings is 1. The summed E-state index contributed by atoms with van der Waals surface area (Å²) in [6, 6.07) is 16.1. The lowest BCUT2D eigenvalue weighted by Gasteiger charge is -2.28. The monoisotopic (exact) mass is 521 g/mol. The number of nitrogens with zero attached hydrogens (tertiary/aromatic N) is 2. The molecule has 4 aromatic rings. The van der Waals surface area contributed by atoms with E-state index >= 15 is 0 Å². The smallest absolute Gasteiger partial charge is 0.344 e. The number of carbonyl (C=O) groups excluding carboxylic acids is 1. The van der Waals surface area contributed by atoms with Crippen molar-refractivity contribution in [1.29, 1.82) is 0 Å². The van der Waals surface area contributed by atoms with Crippen molar-refractivity contribution in [3.63, 3.8) is 0 Å². The first kappa shape index (κ1) is 25.9. The molecule has 6 nitrogen and oxygen atoms in total. The maximum absolute atomic E-state index is 13.8. The quantitative estimate of drug-likeness (QED) is 0.299. The van der Waals surface area contributed by atoms with Gasteiger partial charge in [0.25, 0.3) is 0 Å². The van der Waals surface area contributed by atoms with Crippen LogP contribution in [0.1, 0.15) is 28.8 Å². The second kappa shape index (κ2) is 11.0. The van der Waals surface area contributed by atoms with Crippen molar-refractivity contribution in [1.82, 2.24) is 20.2 Å². The number of benzene rings is 2. The molecular weight excluding hydrogens is 491 g/mol. The summed E-state index contributed by atoms with van der Waals surface area (Å²) in [6.45, 7) is 5.16. The molecule has 0 atom stereocenters. The minimum Gasteiger partial charge on any atom is -0.344 e. The number of piperazine rings is 1. The molecule has 9 heteroatoms. The van der Waals surface area contributed by atoms with Crippen LogP contribution in [-0.4, -0.2) is 47.0 Å². The first-order valence-electron chi connectivity index (χ1n) is 12.7. The Labute approximate surface area is 219 Å². The molecule has 0 aliphatic carbocycles. The van der Waals surface area contributed by atoms with Crippen molar-refractivity contribution in [2.45, 2.75) is 32.5 Å². The molecule has 1 aliphatic rings. The van der Waals surface area contributed by atoms with E-state index in [0.717, 1.165) is 52.6 Å². The second-order valence-corrected chi connectivity index (χ2v) is 9.76. The molecule has 0 saturated carbocycles. The predicted octanol–water partition coefficient (Wildman–Crippen LogP) is 5.53. The van der Waals surface area contributed by atoms with Gasteiger partial charge in [-0.3, -0.25) is 9.69 Å². The molecule has 1 aliphatic heterocycles. The van der Waals surface area contributed by atoms with E-state index in [1.165, 1.54) is 6.07 Å². The number of aromatic amines is 1. The molecule has 1 fully saturated rings. The number of halogens is 3. The number of carbonyl (C=O) groups is 1. The van der Waals surface area contributed by atoms with Gasteiger partial charge in [-0.05, 0) is 54.3 Å². The molecule has 2 aromatic carbocycles. The van der Waals surface area contributed by atoms with E-state index in [2.05, 4.69) is 32.7 Å². The predicted molar refractivity (Wildman–Crippen MR) is 143 cm³/mol. The van der Waals surface area contributed by atoms with Gasteiger partial charge in [-0.1, -0.05) is 30.3 Å². The number of aryl methyl sites for hydroxylation is 2. The molecule has 1 saturated heterocycles. The van der Waals surface area contributed by atoms with Gasteiger partial charge in [-0.2, -0.15) is 13.2 Å². The van der Waals surface area contributed by atoms with Gasteiger partial charge in [0, 0.05) is 67.7 Å². The normalized spacial score (nSPS) is 14.6. The van der Waals surface area contributed by atoms with E-state index < -0.39 is 11.7 Å². The molecular formula is C29H30F3N5O. The van der Waals surface area contributed by atoms with E-state index in [0.29, 0.717) is 19.5 Å². The van der Waals surface area contributed by atoms with Gasteiger partial charge in [0.05, 0.1) is 5.56 Å². The average Bonchev–Trinajstić information content (AvgIpc) is 3.28. The van der Waals surface area contributed by atoms with E-state index in [1.807, 2.05) is 42.3 Å². The zero-order chi connectivity index (χ0) is 26.7. The second-order valence-electron chi connectivity index (χ2n) is 9.76. The highest BCUT2D eigenvalue weighted by Gasteiger charge is 2.34. The fourth-order valence-corrected chi connectivity index (χ4v) is 4.82. The van der Waals surface area contributed by atoms with E-state index in [1.54, 1.807) is 6.07 Å². The van der Waals surface area contributed by atoms with Crippen LogP contribution < -0.4 is 10.6 Å². The molecule has 38 heavy (non-hydrogen) atoms. The number of anilines is 1. The van der Waals surface area contributed by atoms with Crippen LogP contribution in [0.4, 0.5) is 18.9 Å². The summed E-state index contributed by atoms with van der Waals surface area (Å²) in [7, 11) is 0. The zero-order valence-corrected chi connectivity index (χ0v) is 21.2. The Morgan fingerprint density at radius 1 is 1.03 bits per heavy atom. The lowest BCUT2D eigenvalue weighted by molar-refractivity contribution is -0.138. The summed E-state index contributed by atoms with van der Waals surface area (Å²) < 4.78 is 41.3. The highest BCUT2D eigenvalue weighted by molar-refractivity contribution is 5.91. The molecule has 0 unspecified atom stereocenters. The van der Waals surface area contributed by atoms with Crippen molar-refractivity contribution in [2.75, 3.05) is 31.5 Å². The van der Waals surface area contributed by atoms with Gasteiger partial charge in [-0.15, -0.1) is 0 Å². The van der Waals surface area contributed by atoms with Crippen molar-refractivity contribution < 1.29 is 18.0 Å². The number of fused-ring (bicyclic) bond motifs is 1. The van der Waals surface area contributed by atoms with Gasteiger partial charge < -0.3 is 15.6 Å². The summed E-state index contributed by atoms with van der Waals surface area (Å²) >= 11 is 0. The molecule has 2 aromatic heterocycles. The number of H-pyrrole nitrogens is 1. The Morgan fingerprint density at radius 2 is 1.79 bits per heavy atom. The number of hydrogen-bond acceptors (Lipinski definition) is 4. The summed E-state index contributed by atoms with van der Waals surface area (Å²) in [4.78, 5) is 22.2. The topological polar surface area (TPSA) is 73.1 Å². The van der Waals surface area contributed by atoms with Crippen molar-refractivity contribution in [3.8, 4) is 11.1 Å². The van der Waals surface area contributed by atoms with Crippen LogP contribution in [0.5, 0.6) is 0 Å². The molecule has 3 N–H and O–H groups in total. The number of aromatic nitrogens is 2. The zero-order valence-electron chi connectivity index (χ0n) is 21.2. The van der Waals surface area contributed by atoms with Gasteiger partial charge in [0.15, 0.2) is 0 Å². The fraction of sp³-hybridized carbons (Fsp3) is 0.310. The molecule has 0 spiro atoms. The SMILES string of the molecule is Cc1cc2cc(-c3ccc(CCC(=O)Nc4ccc(CN5CCNCC5)c(C(F)(F)F)c4)cc3)cnc2[nH]1. The number of amides is 1. The Kier molecular flexibility index (Phi) is 7.49. The number of hydrogen-bond donors (Lipinski definition) is 3. The van der Waals surface area contributed by atoms with Crippen LogP contribution in [-0.2, 0) is 23.9 Å². The molecule has 0 radical (unpaired) electrons. The standard InChI is InChI=1S/C29H30F3N5O/c1-19-14-23-15-24(17-34-28(23)35-19)21-5-2-20(3-6-21)4-9-27(38)36-25-8-7-22(26(16-25)29(30,31)32)18-37-12-10-33-11-13-37/h2-3,5-8,14-17,33H,4,9-13,18H2,1H3,(H,34,35)(H,36,38). The van der Waals surface area contributed by atoms with E-state index in [-0.39, 0.29) is 30.1 Å². The lowest BCUT2D eigenvalue weighted by atomic mass is 10.0. The Balaban J connectivity index is 1.20. The maximum Gasteiger partial charge on any atom is 0.416 e. The van der Waals surface area contributed by atoms with Crippen LogP contribution in [0.15, 0.2) is 60.8 Å². The van der Waals surface area contributed by atoms with Crippen molar-refractivity contribution >= 4 is 22.6 Å².